The van der Waals surface area contributed by atoms with Gasteiger partial charge in [-0.1, -0.05) is 26.0 Å². The molecule has 1 N–H and O–H groups in total. The van der Waals surface area contributed by atoms with Crippen molar-refractivity contribution in [1.29, 1.82) is 0 Å². The number of aromatic nitrogens is 4. The number of benzene rings is 1. The third-order valence-electron chi connectivity index (χ3n) is 5.13. The van der Waals surface area contributed by atoms with Gasteiger partial charge < -0.3 is 10.2 Å². The van der Waals surface area contributed by atoms with Gasteiger partial charge in [-0.15, -0.1) is 0 Å². The average molecular weight is 395 g/mol. The first kappa shape index (κ1) is 20.6. The summed E-state index contributed by atoms with van der Waals surface area (Å²) in [6, 6.07) is 8.25. The molecule has 1 aliphatic heterocycles. The van der Waals surface area contributed by atoms with Crippen molar-refractivity contribution in [2.75, 3.05) is 11.9 Å². The Bertz CT molecular complexity index is 970. The van der Waals surface area contributed by atoms with Crippen molar-refractivity contribution in [3.8, 4) is 11.1 Å². The fourth-order valence-electron chi connectivity index (χ4n) is 3.53. The maximum Gasteiger partial charge on any atom is 0.219 e. The van der Waals surface area contributed by atoms with Crippen LogP contribution in [0.4, 0.5) is 11.5 Å². The first-order chi connectivity index (χ1) is 14.0. The minimum atomic E-state index is 0.104. The molecule has 154 valence electrons. The molecule has 0 spiro atoms. The van der Waals surface area contributed by atoms with Gasteiger partial charge in [0.25, 0.3) is 0 Å². The van der Waals surface area contributed by atoms with E-state index in [-0.39, 0.29) is 5.91 Å². The van der Waals surface area contributed by atoms with Crippen LogP contribution >= 0.6 is 0 Å². The Labute approximate surface area is 172 Å². The lowest BCUT2D eigenvalue weighted by Gasteiger charge is -2.26. The van der Waals surface area contributed by atoms with Crippen LogP contribution in [0.15, 0.2) is 36.7 Å². The molecule has 0 atom stereocenters. The highest BCUT2D eigenvalue weighted by Crippen LogP contribution is 2.29. The van der Waals surface area contributed by atoms with Gasteiger partial charge in [-0.05, 0) is 24.6 Å². The van der Waals surface area contributed by atoms with Crippen LogP contribution < -0.4 is 5.32 Å². The molecule has 0 aliphatic carbocycles. The van der Waals surface area contributed by atoms with E-state index < -0.39 is 0 Å². The van der Waals surface area contributed by atoms with E-state index in [4.69, 9.17) is 0 Å². The zero-order valence-corrected chi connectivity index (χ0v) is 17.9. The number of hydrogen-bond donors (Lipinski definition) is 1. The number of hydrogen-bond acceptors (Lipinski definition) is 4. The standard InChI is InChI=1S/C20H24N6O.C2H6/c1-4-26-12-16(11-21-26)15-5-7-17(8-6-15)22-20-18-13-25(14(2)27)10-9-19(18)24(3)23-20;1-2/h5-8,11-12H,4,9-10,13H2,1-3H3,(H,22,23);1-2H3. The molecule has 1 aromatic carbocycles. The van der Waals surface area contributed by atoms with Crippen LogP contribution in [-0.2, 0) is 31.4 Å². The van der Waals surface area contributed by atoms with Crippen LogP contribution in [0.2, 0.25) is 0 Å². The second-order valence-corrected chi connectivity index (χ2v) is 6.88. The van der Waals surface area contributed by atoms with Gasteiger partial charge in [0.2, 0.25) is 5.91 Å². The molecule has 4 rings (SSSR count). The predicted molar refractivity (Wildman–Crippen MR) is 116 cm³/mol. The minimum absolute atomic E-state index is 0.104. The molecule has 0 radical (unpaired) electrons. The largest absolute Gasteiger partial charge is 0.338 e. The van der Waals surface area contributed by atoms with E-state index in [1.165, 1.54) is 5.69 Å². The topological polar surface area (TPSA) is 68.0 Å². The molecular weight excluding hydrogens is 364 g/mol. The monoisotopic (exact) mass is 394 g/mol. The number of carbonyl (C=O) groups excluding carboxylic acids is 1. The molecule has 7 nitrogen and oxygen atoms in total. The van der Waals surface area contributed by atoms with Gasteiger partial charge in [0.1, 0.15) is 0 Å². The summed E-state index contributed by atoms with van der Waals surface area (Å²) in [7, 11) is 1.96. The molecular formula is C22H30N6O. The normalized spacial score (nSPS) is 12.8. The van der Waals surface area contributed by atoms with E-state index in [0.29, 0.717) is 6.54 Å². The van der Waals surface area contributed by atoms with Crippen molar-refractivity contribution >= 4 is 17.4 Å². The molecule has 29 heavy (non-hydrogen) atoms. The van der Waals surface area contributed by atoms with Crippen molar-refractivity contribution < 1.29 is 4.79 Å². The highest BCUT2D eigenvalue weighted by molar-refractivity contribution is 5.74. The Hall–Kier alpha value is -3.09. The van der Waals surface area contributed by atoms with Crippen LogP contribution in [0.5, 0.6) is 0 Å². The van der Waals surface area contributed by atoms with Gasteiger partial charge in [0.05, 0.1) is 12.7 Å². The second-order valence-electron chi connectivity index (χ2n) is 6.88. The Morgan fingerprint density at radius 2 is 1.90 bits per heavy atom. The number of carbonyl (C=O) groups is 1. The SMILES string of the molecule is CC.CCn1cc(-c2ccc(Nc3nn(C)c4c3CN(C(C)=O)CC4)cc2)cn1. The van der Waals surface area contributed by atoms with Crippen LogP contribution in [0, 0.1) is 0 Å². The molecule has 1 aliphatic rings. The van der Waals surface area contributed by atoms with Crippen molar-refractivity contribution in [1.82, 2.24) is 24.5 Å². The summed E-state index contributed by atoms with van der Waals surface area (Å²) in [4.78, 5) is 13.6. The van der Waals surface area contributed by atoms with E-state index in [9.17, 15) is 4.79 Å². The quantitative estimate of drug-likeness (QED) is 0.727. The van der Waals surface area contributed by atoms with E-state index >= 15 is 0 Å². The lowest BCUT2D eigenvalue weighted by molar-refractivity contribution is -0.129. The molecule has 1 amide bonds. The molecule has 0 saturated heterocycles. The number of rotatable bonds is 4. The third kappa shape index (κ3) is 4.34. The first-order valence-electron chi connectivity index (χ1n) is 10.3. The molecule has 0 fully saturated rings. The summed E-state index contributed by atoms with van der Waals surface area (Å²) >= 11 is 0. The highest BCUT2D eigenvalue weighted by atomic mass is 16.2. The van der Waals surface area contributed by atoms with Gasteiger partial charge in [-0.2, -0.15) is 10.2 Å². The van der Waals surface area contributed by atoms with Crippen molar-refractivity contribution in [3.63, 3.8) is 0 Å². The molecule has 7 heteroatoms. The second kappa shape index (κ2) is 8.94. The average Bonchev–Trinajstić information content (AvgIpc) is 3.35. The fourth-order valence-corrected chi connectivity index (χ4v) is 3.53. The first-order valence-corrected chi connectivity index (χ1v) is 10.3. The number of nitrogens with zero attached hydrogens (tertiary/aromatic N) is 5. The van der Waals surface area contributed by atoms with Gasteiger partial charge in [0, 0.05) is 62.2 Å². The van der Waals surface area contributed by atoms with Crippen molar-refractivity contribution in [2.24, 2.45) is 7.05 Å². The van der Waals surface area contributed by atoms with Crippen LogP contribution in [0.1, 0.15) is 39.0 Å². The van der Waals surface area contributed by atoms with Gasteiger partial charge in [0.15, 0.2) is 5.82 Å². The summed E-state index contributed by atoms with van der Waals surface area (Å²) in [5.74, 6) is 0.928. The highest BCUT2D eigenvalue weighted by Gasteiger charge is 2.25. The smallest absolute Gasteiger partial charge is 0.219 e. The summed E-state index contributed by atoms with van der Waals surface area (Å²) in [5.41, 5.74) is 5.51. The summed E-state index contributed by atoms with van der Waals surface area (Å²) < 4.78 is 3.84. The number of amides is 1. The van der Waals surface area contributed by atoms with E-state index in [0.717, 1.165) is 47.7 Å². The molecule has 0 saturated carbocycles. The van der Waals surface area contributed by atoms with E-state index in [1.807, 2.05) is 59.7 Å². The zero-order chi connectivity index (χ0) is 21.0. The number of fused-ring (bicyclic) bond motifs is 1. The van der Waals surface area contributed by atoms with E-state index in [1.54, 1.807) is 6.92 Å². The molecule has 3 heterocycles. The number of anilines is 2. The Balaban J connectivity index is 0.00000117. The maximum absolute atomic E-state index is 11.8. The predicted octanol–water partition coefficient (Wildman–Crippen LogP) is 3.98. The van der Waals surface area contributed by atoms with Gasteiger partial charge in [-0.3, -0.25) is 14.2 Å². The summed E-state index contributed by atoms with van der Waals surface area (Å²) in [6.45, 7) is 9.91. The fraction of sp³-hybridized carbons (Fsp3) is 0.409. The maximum atomic E-state index is 11.8. The van der Waals surface area contributed by atoms with Gasteiger partial charge >= 0.3 is 0 Å². The lowest BCUT2D eigenvalue weighted by atomic mass is 10.1. The molecule has 0 unspecified atom stereocenters. The van der Waals surface area contributed by atoms with E-state index in [2.05, 4.69) is 34.6 Å². The Morgan fingerprint density at radius 1 is 1.17 bits per heavy atom. The summed E-state index contributed by atoms with van der Waals surface area (Å²) in [6.07, 6.45) is 4.77. The third-order valence-corrected chi connectivity index (χ3v) is 5.13. The Morgan fingerprint density at radius 3 is 2.52 bits per heavy atom. The van der Waals surface area contributed by atoms with Crippen LogP contribution in [-0.4, -0.2) is 36.9 Å². The lowest BCUT2D eigenvalue weighted by Crippen LogP contribution is -2.34. The number of aryl methyl sites for hydroxylation is 2. The molecule has 3 aromatic rings. The van der Waals surface area contributed by atoms with Crippen LogP contribution in [0.3, 0.4) is 0 Å². The van der Waals surface area contributed by atoms with Crippen molar-refractivity contribution in [2.45, 2.75) is 47.2 Å². The Kier molecular flexibility index (Phi) is 6.36. The molecule has 2 aromatic heterocycles. The van der Waals surface area contributed by atoms with Crippen molar-refractivity contribution in [3.05, 3.63) is 47.9 Å². The summed E-state index contributed by atoms with van der Waals surface area (Å²) in [5, 5.41) is 12.4. The van der Waals surface area contributed by atoms with Gasteiger partial charge in [-0.25, -0.2) is 0 Å². The number of nitrogens with one attached hydrogen (secondary N) is 1. The van der Waals surface area contributed by atoms with Crippen LogP contribution in [0.25, 0.3) is 11.1 Å². The minimum Gasteiger partial charge on any atom is -0.338 e. The zero-order valence-electron chi connectivity index (χ0n) is 17.9. The molecule has 0 bridgehead atoms.